The first-order valence-electron chi connectivity index (χ1n) is 10.9. The fraction of sp³-hybridized carbons (Fsp3) is 0.545. The van der Waals surface area contributed by atoms with Crippen LogP contribution in [0, 0.1) is 16.0 Å². The maximum absolute atomic E-state index is 12.6. The van der Waals surface area contributed by atoms with E-state index in [1.165, 1.54) is 6.26 Å². The lowest BCUT2D eigenvalue weighted by molar-refractivity contribution is -0.385. The first-order valence-corrected chi connectivity index (χ1v) is 10.9. The third-order valence-electron chi connectivity index (χ3n) is 6.25. The molecule has 0 spiro atoms. The van der Waals surface area contributed by atoms with Crippen molar-refractivity contribution in [1.29, 1.82) is 0 Å². The van der Waals surface area contributed by atoms with Gasteiger partial charge in [-0.15, -0.1) is 0 Å². The monoisotopic (exact) mass is 427 g/mol. The summed E-state index contributed by atoms with van der Waals surface area (Å²) in [7, 11) is 0. The molecule has 166 valence electrons. The summed E-state index contributed by atoms with van der Waals surface area (Å²) in [6.45, 7) is 8.16. The molecule has 0 N–H and O–H groups in total. The molecule has 2 aromatic rings. The van der Waals surface area contributed by atoms with Crippen molar-refractivity contribution in [3.8, 4) is 0 Å². The third-order valence-corrected chi connectivity index (χ3v) is 6.25. The first-order chi connectivity index (χ1) is 15.0. The topological polar surface area (TPSA) is 96.0 Å². The quantitative estimate of drug-likeness (QED) is 0.517. The molecule has 31 heavy (non-hydrogen) atoms. The molecule has 9 heteroatoms. The Balaban J connectivity index is 1.27. The van der Waals surface area contributed by atoms with Crippen molar-refractivity contribution in [1.82, 2.24) is 19.7 Å². The molecule has 0 bridgehead atoms. The highest BCUT2D eigenvalue weighted by molar-refractivity contribution is 5.92. The van der Waals surface area contributed by atoms with Crippen molar-refractivity contribution >= 4 is 11.6 Å². The summed E-state index contributed by atoms with van der Waals surface area (Å²) in [6, 6.07) is 6.90. The number of nitro groups is 1. The number of benzene rings is 1. The van der Waals surface area contributed by atoms with Crippen molar-refractivity contribution in [3.05, 3.63) is 57.8 Å². The van der Waals surface area contributed by atoms with E-state index in [1.807, 2.05) is 17.0 Å². The van der Waals surface area contributed by atoms with Crippen molar-refractivity contribution in [3.63, 3.8) is 0 Å². The van der Waals surface area contributed by atoms with E-state index in [-0.39, 0.29) is 16.5 Å². The zero-order valence-electron chi connectivity index (χ0n) is 17.9. The minimum absolute atomic E-state index is 0.0452. The van der Waals surface area contributed by atoms with E-state index >= 15 is 0 Å². The molecule has 9 nitrogen and oxygen atoms in total. The highest BCUT2D eigenvalue weighted by atomic mass is 16.6. The van der Waals surface area contributed by atoms with Gasteiger partial charge in [-0.05, 0) is 18.8 Å². The van der Waals surface area contributed by atoms with Crippen molar-refractivity contribution in [2.45, 2.75) is 32.9 Å². The lowest BCUT2D eigenvalue weighted by Crippen LogP contribution is -2.45. The second-order valence-electron chi connectivity index (χ2n) is 8.54. The Kier molecular flexibility index (Phi) is 6.62. The van der Waals surface area contributed by atoms with E-state index in [0.717, 1.165) is 57.7 Å². The molecule has 2 aliphatic heterocycles. The predicted molar refractivity (Wildman–Crippen MR) is 114 cm³/mol. The van der Waals surface area contributed by atoms with Crippen LogP contribution in [-0.2, 0) is 13.1 Å². The van der Waals surface area contributed by atoms with Gasteiger partial charge in [0.2, 0.25) is 5.89 Å². The van der Waals surface area contributed by atoms with Gasteiger partial charge in [-0.25, -0.2) is 4.98 Å². The van der Waals surface area contributed by atoms with Crippen LogP contribution < -0.4 is 0 Å². The van der Waals surface area contributed by atoms with Gasteiger partial charge in [-0.3, -0.25) is 24.7 Å². The largest absolute Gasteiger partial charge is 0.447 e. The molecule has 0 saturated carbocycles. The summed E-state index contributed by atoms with van der Waals surface area (Å²) in [5, 5.41) is 11.2. The van der Waals surface area contributed by atoms with Gasteiger partial charge in [-0.2, -0.15) is 0 Å². The van der Waals surface area contributed by atoms with Crippen LogP contribution in [-0.4, -0.2) is 69.8 Å². The highest BCUT2D eigenvalue weighted by Gasteiger charge is 2.25. The van der Waals surface area contributed by atoms with Crippen LogP contribution in [0.25, 0.3) is 0 Å². The molecular weight excluding hydrogens is 398 g/mol. The number of carbonyl (C=O) groups is 1. The highest BCUT2D eigenvalue weighted by Crippen LogP contribution is 2.21. The van der Waals surface area contributed by atoms with Crippen molar-refractivity contribution in [2.24, 2.45) is 5.92 Å². The van der Waals surface area contributed by atoms with Gasteiger partial charge in [0.25, 0.3) is 11.6 Å². The number of rotatable bonds is 6. The molecule has 0 aliphatic carbocycles. The molecule has 1 aromatic heterocycles. The number of likely N-dealkylation sites (tertiary alicyclic amines) is 1. The van der Waals surface area contributed by atoms with Crippen LogP contribution >= 0.6 is 0 Å². The van der Waals surface area contributed by atoms with Crippen LogP contribution in [0.1, 0.15) is 41.7 Å². The van der Waals surface area contributed by atoms with Crippen LogP contribution in [0.2, 0.25) is 0 Å². The fourth-order valence-electron chi connectivity index (χ4n) is 4.22. The SMILES string of the molecule is CC1CCN(C(=O)c2coc(CN3CCN(Cc4ccccc4[N+](=O)[O-])CC3)n2)CC1. The molecule has 2 fully saturated rings. The minimum Gasteiger partial charge on any atom is -0.447 e. The number of carbonyl (C=O) groups excluding carboxylic acids is 1. The van der Waals surface area contributed by atoms with E-state index < -0.39 is 0 Å². The standard InChI is InChI=1S/C22H29N5O4/c1-17-6-8-26(9-7-17)22(28)19-16-31-21(23-19)15-25-12-10-24(11-13-25)14-18-4-2-3-5-20(18)27(29)30/h2-5,16-17H,6-15H2,1H3. The molecule has 0 unspecified atom stereocenters. The second-order valence-corrected chi connectivity index (χ2v) is 8.54. The zero-order chi connectivity index (χ0) is 21.8. The molecule has 2 aliphatic rings. The number of oxazole rings is 1. The molecule has 1 amide bonds. The minimum atomic E-state index is -0.322. The molecule has 2 saturated heterocycles. The Morgan fingerprint density at radius 3 is 2.42 bits per heavy atom. The average molecular weight is 428 g/mol. The fourth-order valence-corrected chi connectivity index (χ4v) is 4.22. The Morgan fingerprint density at radius 1 is 1.10 bits per heavy atom. The number of hydrogen-bond donors (Lipinski definition) is 0. The lowest BCUT2D eigenvalue weighted by Gasteiger charge is -2.33. The van der Waals surface area contributed by atoms with Gasteiger partial charge in [-0.1, -0.05) is 25.1 Å². The Labute approximate surface area is 181 Å². The molecule has 0 atom stereocenters. The van der Waals surface area contributed by atoms with Gasteiger partial charge >= 0.3 is 0 Å². The zero-order valence-corrected chi connectivity index (χ0v) is 17.9. The second kappa shape index (κ2) is 9.57. The molecule has 3 heterocycles. The average Bonchev–Trinajstić information content (AvgIpc) is 3.24. The van der Waals surface area contributed by atoms with E-state index in [4.69, 9.17) is 4.42 Å². The molecule has 0 radical (unpaired) electrons. The number of para-hydroxylation sites is 1. The predicted octanol–water partition coefficient (Wildman–Crippen LogP) is 2.77. The number of piperazine rings is 1. The van der Waals surface area contributed by atoms with E-state index in [2.05, 4.69) is 21.7 Å². The summed E-state index contributed by atoms with van der Waals surface area (Å²) in [5.74, 6) is 1.18. The van der Waals surface area contributed by atoms with E-state index in [9.17, 15) is 14.9 Å². The van der Waals surface area contributed by atoms with Crippen LogP contribution in [0.15, 0.2) is 34.9 Å². The van der Waals surface area contributed by atoms with Gasteiger partial charge in [0, 0.05) is 57.4 Å². The lowest BCUT2D eigenvalue weighted by atomic mass is 9.99. The normalized spacial score (nSPS) is 18.9. The van der Waals surface area contributed by atoms with Gasteiger partial charge in [0.05, 0.1) is 11.5 Å². The van der Waals surface area contributed by atoms with Crippen LogP contribution in [0.3, 0.4) is 0 Å². The summed E-state index contributed by atoms with van der Waals surface area (Å²) in [4.78, 5) is 34.3. The summed E-state index contributed by atoms with van der Waals surface area (Å²) >= 11 is 0. The number of nitro benzene ring substituents is 1. The Morgan fingerprint density at radius 2 is 1.74 bits per heavy atom. The molecule has 4 rings (SSSR count). The van der Waals surface area contributed by atoms with Gasteiger partial charge in [0.1, 0.15) is 6.26 Å². The first kappa shape index (κ1) is 21.5. The van der Waals surface area contributed by atoms with E-state index in [1.54, 1.807) is 12.1 Å². The number of aromatic nitrogens is 1. The molecule has 1 aromatic carbocycles. The van der Waals surface area contributed by atoms with Crippen molar-refractivity contribution < 1.29 is 14.1 Å². The van der Waals surface area contributed by atoms with Crippen LogP contribution in [0.4, 0.5) is 5.69 Å². The molecular formula is C22H29N5O4. The Hall–Kier alpha value is -2.78. The smallest absolute Gasteiger partial charge is 0.275 e. The van der Waals surface area contributed by atoms with Gasteiger partial charge in [0.15, 0.2) is 5.69 Å². The maximum atomic E-state index is 12.6. The Bertz CT molecular complexity index is 914. The number of amides is 1. The summed E-state index contributed by atoms with van der Waals surface area (Å²) < 4.78 is 5.58. The van der Waals surface area contributed by atoms with Crippen molar-refractivity contribution in [2.75, 3.05) is 39.3 Å². The number of nitrogens with zero attached hydrogens (tertiary/aromatic N) is 5. The maximum Gasteiger partial charge on any atom is 0.275 e. The van der Waals surface area contributed by atoms with Gasteiger partial charge < -0.3 is 9.32 Å². The van der Waals surface area contributed by atoms with E-state index in [0.29, 0.717) is 30.6 Å². The summed E-state index contributed by atoms with van der Waals surface area (Å²) in [5.41, 5.74) is 1.30. The summed E-state index contributed by atoms with van der Waals surface area (Å²) in [6.07, 6.45) is 3.54. The van der Waals surface area contributed by atoms with Crippen LogP contribution in [0.5, 0.6) is 0 Å². The number of hydrogen-bond acceptors (Lipinski definition) is 7. The third kappa shape index (κ3) is 5.29. The number of piperidine rings is 1.